The third-order valence-corrected chi connectivity index (χ3v) is 0.743. The molecule has 0 atom stereocenters. The number of carboxylic acids is 1. The Morgan fingerprint density at radius 3 is 2.40 bits per heavy atom. The number of hydrogen-bond acceptors (Lipinski definition) is 3. The van der Waals surface area contributed by atoms with Crippen molar-refractivity contribution in [1.29, 1.82) is 0 Å². The smallest absolute Gasteiger partial charge is 0.327 e. The number of aromatic nitrogens is 3. The van der Waals surface area contributed by atoms with E-state index in [0.29, 0.717) is 0 Å². The molecule has 10 heavy (non-hydrogen) atoms. The Balaban J connectivity index is 0.000000810. The number of carboxylic acid groups (broad SMARTS) is 1. The fraction of sp³-hybridized carbons (Fsp3) is 0.250. The number of halogens is 1. The van der Waals surface area contributed by atoms with Gasteiger partial charge in [0.05, 0.1) is 12.4 Å². The molecule has 0 bridgehead atoms. The molecule has 1 heterocycles. The molecule has 0 aliphatic heterocycles. The molecule has 0 spiro atoms. The van der Waals surface area contributed by atoms with Gasteiger partial charge in [-0.1, -0.05) is 0 Å². The second-order valence-corrected chi connectivity index (χ2v) is 1.45. The second kappa shape index (κ2) is 3.84. The number of aliphatic carboxylic acids is 1. The Kier molecular flexibility index (Phi) is 3.42. The summed E-state index contributed by atoms with van der Waals surface area (Å²) in [6, 6.07) is 0. The molecule has 1 aromatic rings. The summed E-state index contributed by atoms with van der Waals surface area (Å²) in [7, 11) is 0. The summed E-state index contributed by atoms with van der Waals surface area (Å²) < 4.78 is 0. The molecule has 0 unspecified atom stereocenters. The van der Waals surface area contributed by atoms with E-state index in [9.17, 15) is 4.79 Å². The summed E-state index contributed by atoms with van der Waals surface area (Å²) in [6.45, 7) is -0.174. The van der Waals surface area contributed by atoms with Crippen LogP contribution in [-0.4, -0.2) is 26.1 Å². The van der Waals surface area contributed by atoms with Crippen molar-refractivity contribution in [2.24, 2.45) is 0 Å². The number of rotatable bonds is 2. The quantitative estimate of drug-likeness (QED) is 0.655. The van der Waals surface area contributed by atoms with Gasteiger partial charge in [-0.05, 0) is 0 Å². The van der Waals surface area contributed by atoms with Crippen LogP contribution in [0.4, 0.5) is 0 Å². The Labute approximate surface area is 63.1 Å². The van der Waals surface area contributed by atoms with Crippen molar-refractivity contribution in [3.05, 3.63) is 12.4 Å². The maximum atomic E-state index is 9.97. The molecule has 0 aliphatic rings. The first kappa shape index (κ1) is 8.90. The minimum Gasteiger partial charge on any atom is -0.480 e. The maximum Gasteiger partial charge on any atom is 0.327 e. The van der Waals surface area contributed by atoms with Crippen LogP contribution in [0.25, 0.3) is 0 Å². The highest BCUT2D eigenvalue weighted by molar-refractivity contribution is 5.85. The normalized spacial score (nSPS) is 8.40. The van der Waals surface area contributed by atoms with Crippen molar-refractivity contribution in [2.45, 2.75) is 6.54 Å². The summed E-state index contributed by atoms with van der Waals surface area (Å²) >= 11 is 0. The van der Waals surface area contributed by atoms with Crippen molar-refractivity contribution in [3.8, 4) is 0 Å². The van der Waals surface area contributed by atoms with Crippen LogP contribution in [0.1, 0.15) is 0 Å². The van der Waals surface area contributed by atoms with E-state index in [-0.39, 0.29) is 19.0 Å². The lowest BCUT2D eigenvalue weighted by molar-refractivity contribution is -0.138. The van der Waals surface area contributed by atoms with Gasteiger partial charge in [0, 0.05) is 0 Å². The van der Waals surface area contributed by atoms with E-state index in [1.54, 1.807) is 0 Å². The standard InChI is InChI=1S/C4H5N3O2.ClH/c8-4(9)3-7-5-1-2-6-7;/h1-2H,3H2,(H,8,9);1H. The first-order chi connectivity index (χ1) is 4.29. The van der Waals surface area contributed by atoms with Gasteiger partial charge < -0.3 is 5.11 Å². The van der Waals surface area contributed by atoms with Gasteiger partial charge in [-0.3, -0.25) is 4.79 Å². The second-order valence-electron chi connectivity index (χ2n) is 1.45. The average molecular weight is 164 g/mol. The van der Waals surface area contributed by atoms with Gasteiger partial charge in [-0.2, -0.15) is 15.0 Å². The fourth-order valence-electron chi connectivity index (χ4n) is 0.446. The molecule has 56 valence electrons. The zero-order valence-corrected chi connectivity index (χ0v) is 5.78. The van der Waals surface area contributed by atoms with Gasteiger partial charge in [0.15, 0.2) is 6.54 Å². The van der Waals surface area contributed by atoms with Gasteiger partial charge in [0.1, 0.15) is 0 Å². The lowest BCUT2D eigenvalue weighted by atomic mass is 10.7. The highest BCUT2D eigenvalue weighted by Crippen LogP contribution is 1.76. The predicted octanol–water partition coefficient (Wildman–Crippen LogP) is -0.216. The first-order valence-electron chi connectivity index (χ1n) is 2.35. The van der Waals surface area contributed by atoms with E-state index in [1.165, 1.54) is 12.4 Å². The van der Waals surface area contributed by atoms with Crippen LogP contribution in [0.5, 0.6) is 0 Å². The number of carbonyl (C=O) groups is 1. The summed E-state index contributed by atoms with van der Waals surface area (Å²) in [4.78, 5) is 11.1. The zero-order chi connectivity index (χ0) is 6.69. The lowest BCUT2D eigenvalue weighted by Gasteiger charge is -1.89. The van der Waals surface area contributed by atoms with Crippen molar-refractivity contribution in [2.75, 3.05) is 0 Å². The zero-order valence-electron chi connectivity index (χ0n) is 4.97. The van der Waals surface area contributed by atoms with E-state index in [1.807, 2.05) is 0 Å². The molecule has 1 rings (SSSR count). The van der Waals surface area contributed by atoms with Crippen LogP contribution in [0.15, 0.2) is 12.4 Å². The van der Waals surface area contributed by atoms with Gasteiger partial charge in [-0.15, -0.1) is 12.4 Å². The lowest BCUT2D eigenvalue weighted by Crippen LogP contribution is -2.10. The SMILES string of the molecule is Cl.O=C(O)Cn1nccn1. The van der Waals surface area contributed by atoms with Crippen LogP contribution >= 0.6 is 12.4 Å². The molecule has 0 aliphatic carbocycles. The first-order valence-corrected chi connectivity index (χ1v) is 2.35. The van der Waals surface area contributed by atoms with E-state index in [2.05, 4.69) is 10.2 Å². The van der Waals surface area contributed by atoms with E-state index < -0.39 is 5.97 Å². The summed E-state index contributed by atoms with van der Waals surface area (Å²) in [5.41, 5.74) is 0. The van der Waals surface area contributed by atoms with Crippen molar-refractivity contribution in [3.63, 3.8) is 0 Å². The van der Waals surface area contributed by atoms with Crippen molar-refractivity contribution in [1.82, 2.24) is 15.0 Å². The minimum atomic E-state index is -0.939. The van der Waals surface area contributed by atoms with Crippen LogP contribution in [0.2, 0.25) is 0 Å². The maximum absolute atomic E-state index is 9.97. The predicted molar refractivity (Wildman–Crippen MR) is 34.9 cm³/mol. The molecule has 6 heteroatoms. The van der Waals surface area contributed by atoms with Gasteiger partial charge in [0.2, 0.25) is 0 Å². The minimum absolute atomic E-state index is 0. The van der Waals surface area contributed by atoms with Crippen molar-refractivity contribution < 1.29 is 9.90 Å². The Morgan fingerprint density at radius 1 is 1.50 bits per heavy atom. The highest BCUT2D eigenvalue weighted by Gasteiger charge is 1.97. The van der Waals surface area contributed by atoms with E-state index in [0.717, 1.165) is 4.80 Å². The topological polar surface area (TPSA) is 68.0 Å². The van der Waals surface area contributed by atoms with Gasteiger partial charge in [-0.25, -0.2) is 0 Å². The fourth-order valence-corrected chi connectivity index (χ4v) is 0.446. The van der Waals surface area contributed by atoms with Crippen LogP contribution in [0.3, 0.4) is 0 Å². The number of nitrogens with zero attached hydrogens (tertiary/aromatic N) is 3. The third-order valence-electron chi connectivity index (χ3n) is 0.743. The van der Waals surface area contributed by atoms with E-state index >= 15 is 0 Å². The molecule has 0 radical (unpaired) electrons. The summed E-state index contributed by atoms with van der Waals surface area (Å²) in [6.07, 6.45) is 2.87. The van der Waals surface area contributed by atoms with Gasteiger partial charge in [0.25, 0.3) is 0 Å². The van der Waals surface area contributed by atoms with Gasteiger partial charge >= 0.3 is 5.97 Å². The third kappa shape index (κ3) is 2.45. The van der Waals surface area contributed by atoms with Crippen LogP contribution < -0.4 is 0 Å². The molecule has 0 fully saturated rings. The molecule has 0 saturated carbocycles. The Morgan fingerprint density at radius 2 is 2.00 bits per heavy atom. The molecular weight excluding hydrogens is 158 g/mol. The molecule has 1 N–H and O–H groups in total. The molecule has 5 nitrogen and oxygen atoms in total. The van der Waals surface area contributed by atoms with Crippen molar-refractivity contribution >= 4 is 18.4 Å². The van der Waals surface area contributed by atoms with E-state index in [4.69, 9.17) is 5.11 Å². The molecule has 0 amide bonds. The monoisotopic (exact) mass is 163 g/mol. The molecule has 1 aromatic heterocycles. The highest BCUT2D eigenvalue weighted by atomic mass is 35.5. The summed E-state index contributed by atoms with van der Waals surface area (Å²) in [5, 5.41) is 15.3. The van der Waals surface area contributed by atoms with Crippen LogP contribution in [0, 0.1) is 0 Å². The summed E-state index contributed by atoms with van der Waals surface area (Å²) in [5.74, 6) is -0.939. The molecule has 0 saturated heterocycles. The average Bonchev–Trinajstić information content (AvgIpc) is 2.15. The Hall–Kier alpha value is -1.10. The molecule has 0 aromatic carbocycles. The van der Waals surface area contributed by atoms with Crippen LogP contribution in [-0.2, 0) is 11.3 Å². The Bertz CT molecular complexity index is 198. The molecular formula is C4H6ClN3O2. The largest absolute Gasteiger partial charge is 0.480 e. The number of hydrogen-bond donors (Lipinski definition) is 1.